The summed E-state index contributed by atoms with van der Waals surface area (Å²) in [5.74, 6) is 1.09. The third kappa shape index (κ3) is 6.08. The van der Waals surface area contributed by atoms with Crippen LogP contribution in [0.15, 0.2) is 48.7 Å². The number of amides is 2. The molecule has 0 fully saturated rings. The average molecular weight is 327 g/mol. The summed E-state index contributed by atoms with van der Waals surface area (Å²) in [5, 5.41) is 5.53. The molecular weight excluding hydrogens is 306 g/mol. The smallest absolute Gasteiger partial charge is 0.225 e. The van der Waals surface area contributed by atoms with Gasteiger partial charge >= 0.3 is 0 Å². The molecule has 1 aromatic carbocycles. The predicted octanol–water partition coefficient (Wildman–Crippen LogP) is 2.52. The summed E-state index contributed by atoms with van der Waals surface area (Å²) in [6.45, 7) is 0.461. The molecule has 0 spiro atoms. The Morgan fingerprint density at radius 3 is 2.46 bits per heavy atom. The standard InChI is InChI=1S/C18H21N3O3/c1-24-15-10-8-14(9-11-15)13-20-17(22)6-4-7-18(23)21-16-5-2-3-12-19-16/h2-3,5,8-12H,4,6-7,13H2,1H3,(H,20,22)(H,19,21,23). The maximum absolute atomic E-state index is 11.8. The largest absolute Gasteiger partial charge is 0.497 e. The summed E-state index contributed by atoms with van der Waals surface area (Å²) in [6, 6.07) is 12.8. The van der Waals surface area contributed by atoms with E-state index in [4.69, 9.17) is 4.74 Å². The third-order valence-corrected chi connectivity index (χ3v) is 3.39. The number of carbonyl (C=O) groups is 2. The Bertz CT molecular complexity index is 657. The van der Waals surface area contributed by atoms with Gasteiger partial charge in [0.05, 0.1) is 7.11 Å². The van der Waals surface area contributed by atoms with E-state index in [1.54, 1.807) is 31.5 Å². The van der Waals surface area contributed by atoms with Crippen molar-refractivity contribution in [3.05, 3.63) is 54.2 Å². The topological polar surface area (TPSA) is 80.3 Å². The fourth-order valence-corrected chi connectivity index (χ4v) is 2.08. The summed E-state index contributed by atoms with van der Waals surface area (Å²) in [7, 11) is 1.61. The van der Waals surface area contributed by atoms with Crippen molar-refractivity contribution < 1.29 is 14.3 Å². The minimum absolute atomic E-state index is 0.0727. The van der Waals surface area contributed by atoms with Crippen LogP contribution in [0.4, 0.5) is 5.82 Å². The number of ether oxygens (including phenoxy) is 1. The minimum Gasteiger partial charge on any atom is -0.497 e. The van der Waals surface area contributed by atoms with Crippen molar-refractivity contribution in [1.82, 2.24) is 10.3 Å². The number of pyridine rings is 1. The first-order valence-corrected chi connectivity index (χ1v) is 7.78. The van der Waals surface area contributed by atoms with Gasteiger partial charge in [-0.05, 0) is 36.2 Å². The van der Waals surface area contributed by atoms with Crippen molar-refractivity contribution in [2.45, 2.75) is 25.8 Å². The van der Waals surface area contributed by atoms with Crippen LogP contribution in [-0.4, -0.2) is 23.9 Å². The Kier molecular flexibility index (Phi) is 6.76. The van der Waals surface area contributed by atoms with Gasteiger partial charge in [-0.25, -0.2) is 4.98 Å². The van der Waals surface area contributed by atoms with Crippen molar-refractivity contribution in [3.63, 3.8) is 0 Å². The van der Waals surface area contributed by atoms with Crippen molar-refractivity contribution in [2.75, 3.05) is 12.4 Å². The molecule has 0 bridgehead atoms. The van der Waals surface area contributed by atoms with E-state index in [1.807, 2.05) is 24.3 Å². The van der Waals surface area contributed by atoms with Gasteiger partial charge in [-0.2, -0.15) is 0 Å². The molecule has 0 unspecified atom stereocenters. The van der Waals surface area contributed by atoms with Gasteiger partial charge in [0.1, 0.15) is 11.6 Å². The van der Waals surface area contributed by atoms with E-state index in [2.05, 4.69) is 15.6 Å². The molecule has 0 saturated heterocycles. The Morgan fingerprint density at radius 1 is 1.04 bits per heavy atom. The van der Waals surface area contributed by atoms with Crippen molar-refractivity contribution >= 4 is 17.6 Å². The van der Waals surface area contributed by atoms with Gasteiger partial charge in [0.2, 0.25) is 11.8 Å². The van der Waals surface area contributed by atoms with E-state index < -0.39 is 0 Å². The molecule has 24 heavy (non-hydrogen) atoms. The van der Waals surface area contributed by atoms with Crippen molar-refractivity contribution in [1.29, 1.82) is 0 Å². The second kappa shape index (κ2) is 9.29. The van der Waals surface area contributed by atoms with Gasteiger partial charge in [0.25, 0.3) is 0 Å². The predicted molar refractivity (Wildman–Crippen MR) is 91.6 cm³/mol. The zero-order valence-electron chi connectivity index (χ0n) is 13.6. The molecule has 2 aromatic rings. The molecule has 0 aliphatic carbocycles. The number of methoxy groups -OCH3 is 1. The van der Waals surface area contributed by atoms with E-state index >= 15 is 0 Å². The van der Waals surface area contributed by atoms with Crippen LogP contribution in [0.5, 0.6) is 5.75 Å². The first-order valence-electron chi connectivity index (χ1n) is 7.78. The van der Waals surface area contributed by atoms with Crippen LogP contribution in [0.3, 0.4) is 0 Å². The van der Waals surface area contributed by atoms with Gasteiger partial charge < -0.3 is 15.4 Å². The van der Waals surface area contributed by atoms with Gasteiger partial charge in [0.15, 0.2) is 0 Å². The first-order chi connectivity index (χ1) is 11.7. The van der Waals surface area contributed by atoms with Crippen molar-refractivity contribution in [2.24, 2.45) is 0 Å². The lowest BCUT2D eigenvalue weighted by Gasteiger charge is -2.07. The molecule has 0 radical (unpaired) electrons. The number of nitrogens with one attached hydrogen (secondary N) is 2. The van der Waals surface area contributed by atoms with E-state index in [9.17, 15) is 9.59 Å². The monoisotopic (exact) mass is 327 g/mol. The number of hydrogen-bond acceptors (Lipinski definition) is 4. The number of benzene rings is 1. The molecule has 6 nitrogen and oxygen atoms in total. The first kappa shape index (κ1) is 17.5. The summed E-state index contributed by atoms with van der Waals surface area (Å²) < 4.78 is 5.08. The second-order valence-corrected chi connectivity index (χ2v) is 5.24. The fraction of sp³-hybridized carbons (Fsp3) is 0.278. The van der Waals surface area contributed by atoms with E-state index in [0.29, 0.717) is 25.2 Å². The van der Waals surface area contributed by atoms with Crippen molar-refractivity contribution in [3.8, 4) is 5.75 Å². The molecule has 0 aliphatic heterocycles. The molecule has 1 aromatic heterocycles. The van der Waals surface area contributed by atoms with Crippen LogP contribution >= 0.6 is 0 Å². The van der Waals surface area contributed by atoms with Crippen LogP contribution in [0.25, 0.3) is 0 Å². The highest BCUT2D eigenvalue weighted by Gasteiger charge is 2.06. The Hall–Kier alpha value is -2.89. The second-order valence-electron chi connectivity index (χ2n) is 5.24. The zero-order valence-corrected chi connectivity index (χ0v) is 13.6. The zero-order chi connectivity index (χ0) is 17.2. The lowest BCUT2D eigenvalue weighted by Crippen LogP contribution is -2.23. The normalized spacial score (nSPS) is 10.0. The molecule has 2 rings (SSSR count). The van der Waals surface area contributed by atoms with E-state index in [0.717, 1.165) is 11.3 Å². The number of rotatable bonds is 8. The number of aromatic nitrogens is 1. The highest BCUT2D eigenvalue weighted by atomic mass is 16.5. The SMILES string of the molecule is COc1ccc(CNC(=O)CCCC(=O)Nc2ccccn2)cc1. The van der Waals surface area contributed by atoms with Crippen LogP contribution in [0.1, 0.15) is 24.8 Å². The number of nitrogens with zero attached hydrogens (tertiary/aromatic N) is 1. The lowest BCUT2D eigenvalue weighted by atomic mass is 10.2. The average Bonchev–Trinajstić information content (AvgIpc) is 2.61. The van der Waals surface area contributed by atoms with E-state index in [-0.39, 0.29) is 18.2 Å². The summed E-state index contributed by atoms with van der Waals surface area (Å²) >= 11 is 0. The summed E-state index contributed by atoms with van der Waals surface area (Å²) in [5.41, 5.74) is 0.997. The Balaban J connectivity index is 1.63. The van der Waals surface area contributed by atoms with Gasteiger partial charge in [-0.15, -0.1) is 0 Å². The summed E-state index contributed by atoms with van der Waals surface area (Å²) in [4.78, 5) is 27.6. The highest BCUT2D eigenvalue weighted by molar-refractivity contribution is 5.90. The molecule has 2 amide bonds. The maximum Gasteiger partial charge on any atom is 0.225 e. The third-order valence-electron chi connectivity index (χ3n) is 3.39. The molecule has 2 N–H and O–H groups in total. The molecule has 126 valence electrons. The molecular formula is C18H21N3O3. The number of hydrogen-bond donors (Lipinski definition) is 2. The molecule has 6 heteroatoms. The molecule has 0 saturated carbocycles. The lowest BCUT2D eigenvalue weighted by molar-refractivity contribution is -0.121. The van der Waals surface area contributed by atoms with Gasteiger partial charge in [-0.1, -0.05) is 18.2 Å². The number of anilines is 1. The molecule has 0 atom stereocenters. The van der Waals surface area contributed by atoms with Crippen LogP contribution in [0.2, 0.25) is 0 Å². The molecule has 0 aliphatic rings. The Labute approximate surface area is 141 Å². The minimum atomic E-state index is -0.142. The van der Waals surface area contributed by atoms with Crippen LogP contribution in [-0.2, 0) is 16.1 Å². The highest BCUT2D eigenvalue weighted by Crippen LogP contribution is 2.11. The Morgan fingerprint density at radius 2 is 1.79 bits per heavy atom. The van der Waals surface area contributed by atoms with Crippen LogP contribution in [0, 0.1) is 0 Å². The maximum atomic E-state index is 11.8. The van der Waals surface area contributed by atoms with Crippen LogP contribution < -0.4 is 15.4 Å². The molecule has 1 heterocycles. The number of carbonyl (C=O) groups excluding carboxylic acids is 2. The van der Waals surface area contributed by atoms with Gasteiger partial charge in [-0.3, -0.25) is 9.59 Å². The quantitative estimate of drug-likeness (QED) is 0.781. The summed E-state index contributed by atoms with van der Waals surface area (Å²) in [6.07, 6.45) is 2.70. The van der Waals surface area contributed by atoms with Gasteiger partial charge in [0, 0.05) is 25.6 Å². The van der Waals surface area contributed by atoms with E-state index in [1.165, 1.54) is 0 Å². The fourth-order valence-electron chi connectivity index (χ4n) is 2.08.